The number of anilines is 1. The van der Waals surface area contributed by atoms with E-state index in [2.05, 4.69) is 4.90 Å². The highest BCUT2D eigenvalue weighted by Crippen LogP contribution is 2.28. The van der Waals surface area contributed by atoms with E-state index in [0.717, 1.165) is 52.9 Å². The van der Waals surface area contributed by atoms with Gasteiger partial charge in [-0.2, -0.15) is 0 Å². The Labute approximate surface area is 211 Å². The van der Waals surface area contributed by atoms with Gasteiger partial charge in [0.15, 0.2) is 0 Å². The minimum atomic E-state index is -0.00758. The second-order valence-corrected chi connectivity index (χ2v) is 9.06. The van der Waals surface area contributed by atoms with Gasteiger partial charge in [0.2, 0.25) is 5.91 Å². The van der Waals surface area contributed by atoms with E-state index in [1.165, 1.54) is 0 Å². The lowest BCUT2D eigenvalue weighted by Crippen LogP contribution is -2.42. The zero-order valence-corrected chi connectivity index (χ0v) is 20.7. The van der Waals surface area contributed by atoms with E-state index >= 15 is 0 Å². The third-order valence-electron chi connectivity index (χ3n) is 6.61. The molecule has 2 aromatic carbocycles. The van der Waals surface area contributed by atoms with Crippen molar-refractivity contribution in [3.63, 3.8) is 0 Å². The first kappa shape index (κ1) is 24.2. The summed E-state index contributed by atoms with van der Waals surface area (Å²) in [6, 6.07) is 17.9. The van der Waals surface area contributed by atoms with Crippen molar-refractivity contribution in [2.45, 2.75) is 26.0 Å². The summed E-state index contributed by atoms with van der Waals surface area (Å²) in [5.74, 6) is 2.55. The number of morpholine rings is 1. The second kappa shape index (κ2) is 11.5. The predicted octanol–water partition coefficient (Wildman–Crippen LogP) is 3.01. The quantitative estimate of drug-likeness (QED) is 0.482. The van der Waals surface area contributed by atoms with Gasteiger partial charge in [0, 0.05) is 38.0 Å². The van der Waals surface area contributed by atoms with Gasteiger partial charge in [-0.1, -0.05) is 42.5 Å². The van der Waals surface area contributed by atoms with Crippen LogP contribution in [0.1, 0.15) is 28.2 Å². The molecule has 188 valence electrons. The minimum Gasteiger partial charge on any atom is -0.497 e. The molecule has 1 amide bonds. The van der Waals surface area contributed by atoms with Gasteiger partial charge in [-0.25, -0.2) is 9.97 Å². The molecule has 0 bridgehead atoms. The molecule has 0 radical (unpaired) electrons. The zero-order chi connectivity index (χ0) is 24.7. The maximum atomic E-state index is 13.0. The molecule has 1 saturated heterocycles. The monoisotopic (exact) mass is 488 g/mol. The Hall–Kier alpha value is -3.49. The largest absolute Gasteiger partial charge is 0.497 e. The van der Waals surface area contributed by atoms with Crippen molar-refractivity contribution >= 4 is 11.7 Å². The van der Waals surface area contributed by atoms with Crippen LogP contribution in [0.5, 0.6) is 5.75 Å². The molecule has 0 unspecified atom stereocenters. The highest BCUT2D eigenvalue weighted by molar-refractivity contribution is 5.78. The van der Waals surface area contributed by atoms with E-state index in [0.29, 0.717) is 45.8 Å². The molecule has 0 N–H and O–H groups in total. The van der Waals surface area contributed by atoms with Crippen molar-refractivity contribution in [3.8, 4) is 5.75 Å². The number of nitrogens with zero attached hydrogens (tertiary/aromatic N) is 4. The topological polar surface area (TPSA) is 77.0 Å². The van der Waals surface area contributed by atoms with Gasteiger partial charge in [0.05, 0.1) is 39.2 Å². The van der Waals surface area contributed by atoms with Crippen LogP contribution in [0.25, 0.3) is 0 Å². The van der Waals surface area contributed by atoms with Crippen LogP contribution in [0.4, 0.5) is 5.82 Å². The molecule has 3 aromatic rings. The highest BCUT2D eigenvalue weighted by Gasteiger charge is 2.28. The number of amides is 1. The van der Waals surface area contributed by atoms with Gasteiger partial charge in [0.1, 0.15) is 24.0 Å². The number of carbonyl (C=O) groups is 1. The van der Waals surface area contributed by atoms with Crippen molar-refractivity contribution in [2.24, 2.45) is 0 Å². The minimum absolute atomic E-state index is 0.00758. The fraction of sp³-hybridized carbons (Fsp3) is 0.393. The number of rotatable bonds is 8. The molecule has 8 nitrogen and oxygen atoms in total. The predicted molar refractivity (Wildman–Crippen MR) is 136 cm³/mol. The molecule has 0 aliphatic carbocycles. The Morgan fingerprint density at radius 3 is 2.50 bits per heavy atom. The summed E-state index contributed by atoms with van der Waals surface area (Å²) in [7, 11) is 1.67. The van der Waals surface area contributed by atoms with Crippen molar-refractivity contribution < 1.29 is 19.0 Å². The summed E-state index contributed by atoms with van der Waals surface area (Å²) < 4.78 is 16.6. The Morgan fingerprint density at radius 1 is 0.972 bits per heavy atom. The molecule has 0 saturated carbocycles. The molecular weight excluding hydrogens is 456 g/mol. The first-order valence-corrected chi connectivity index (χ1v) is 12.4. The average Bonchev–Trinajstić information content (AvgIpc) is 2.94. The van der Waals surface area contributed by atoms with Crippen LogP contribution in [-0.4, -0.2) is 67.3 Å². The van der Waals surface area contributed by atoms with Gasteiger partial charge in [-0.15, -0.1) is 0 Å². The van der Waals surface area contributed by atoms with Crippen LogP contribution in [-0.2, 0) is 40.3 Å². The Bertz CT molecular complexity index is 1160. The van der Waals surface area contributed by atoms with Crippen molar-refractivity contribution in [2.75, 3.05) is 51.5 Å². The van der Waals surface area contributed by atoms with Crippen molar-refractivity contribution in [1.82, 2.24) is 14.9 Å². The Kier molecular flexibility index (Phi) is 7.73. The smallest absolute Gasteiger partial charge is 0.248 e. The van der Waals surface area contributed by atoms with Crippen LogP contribution < -0.4 is 9.64 Å². The van der Waals surface area contributed by atoms with E-state index < -0.39 is 0 Å². The standard InChI is InChI=1S/C28H32N4O4/c1-34-23-9-7-21(8-10-23)17-26-29-25-11-12-32(27(33)20-36-19-22-5-3-2-4-6-22)18-24(25)28(30-26)31-13-15-35-16-14-31/h2-10H,11-20H2,1H3. The molecule has 0 spiro atoms. The third kappa shape index (κ3) is 5.83. The number of hydrogen-bond donors (Lipinski definition) is 0. The summed E-state index contributed by atoms with van der Waals surface area (Å²) in [6.07, 6.45) is 1.35. The molecule has 3 heterocycles. The summed E-state index contributed by atoms with van der Waals surface area (Å²) in [4.78, 5) is 27.0. The molecular formula is C28H32N4O4. The number of methoxy groups -OCH3 is 1. The number of aromatic nitrogens is 2. The van der Waals surface area contributed by atoms with Crippen molar-refractivity contribution in [3.05, 3.63) is 82.8 Å². The molecule has 1 aromatic heterocycles. The number of hydrogen-bond acceptors (Lipinski definition) is 7. The maximum Gasteiger partial charge on any atom is 0.248 e. The van der Waals surface area contributed by atoms with Gasteiger partial charge in [0.25, 0.3) is 0 Å². The lowest BCUT2D eigenvalue weighted by molar-refractivity contribution is -0.137. The van der Waals surface area contributed by atoms with Crippen LogP contribution >= 0.6 is 0 Å². The number of fused-ring (bicyclic) bond motifs is 1. The lowest BCUT2D eigenvalue weighted by atomic mass is 10.0. The highest BCUT2D eigenvalue weighted by atomic mass is 16.5. The Morgan fingerprint density at radius 2 is 1.75 bits per heavy atom. The number of ether oxygens (including phenoxy) is 3. The second-order valence-electron chi connectivity index (χ2n) is 9.06. The molecule has 1 fully saturated rings. The van der Waals surface area contributed by atoms with Crippen LogP contribution in [0, 0.1) is 0 Å². The first-order valence-electron chi connectivity index (χ1n) is 12.4. The van der Waals surface area contributed by atoms with Gasteiger partial charge < -0.3 is 24.0 Å². The van der Waals surface area contributed by atoms with E-state index in [-0.39, 0.29) is 12.5 Å². The van der Waals surface area contributed by atoms with Gasteiger partial charge in [-0.05, 0) is 23.3 Å². The van der Waals surface area contributed by atoms with E-state index in [9.17, 15) is 4.79 Å². The molecule has 36 heavy (non-hydrogen) atoms. The molecule has 8 heteroatoms. The van der Waals surface area contributed by atoms with E-state index in [1.807, 2.05) is 59.5 Å². The van der Waals surface area contributed by atoms with E-state index in [1.54, 1.807) is 7.11 Å². The fourth-order valence-corrected chi connectivity index (χ4v) is 4.62. The van der Waals surface area contributed by atoms with Gasteiger partial charge in [-0.3, -0.25) is 4.79 Å². The van der Waals surface area contributed by atoms with Crippen LogP contribution in [0.2, 0.25) is 0 Å². The van der Waals surface area contributed by atoms with Gasteiger partial charge >= 0.3 is 0 Å². The van der Waals surface area contributed by atoms with E-state index in [4.69, 9.17) is 24.2 Å². The normalized spacial score (nSPS) is 15.5. The summed E-state index contributed by atoms with van der Waals surface area (Å²) in [5, 5.41) is 0. The molecule has 2 aliphatic rings. The Balaban J connectivity index is 1.32. The average molecular weight is 489 g/mol. The summed E-state index contributed by atoms with van der Waals surface area (Å²) in [5.41, 5.74) is 4.26. The SMILES string of the molecule is COc1ccc(Cc2nc3c(c(N4CCOCC4)n2)CN(C(=O)COCc2ccccc2)CC3)cc1. The first-order chi connectivity index (χ1) is 17.7. The molecule has 2 aliphatic heterocycles. The van der Waals surface area contributed by atoms with Crippen molar-refractivity contribution in [1.29, 1.82) is 0 Å². The summed E-state index contributed by atoms with van der Waals surface area (Å²) >= 11 is 0. The van der Waals surface area contributed by atoms with Crippen LogP contribution in [0.3, 0.4) is 0 Å². The summed E-state index contributed by atoms with van der Waals surface area (Å²) in [6.45, 7) is 4.51. The number of benzene rings is 2. The molecule has 0 atom stereocenters. The third-order valence-corrected chi connectivity index (χ3v) is 6.61. The zero-order valence-electron chi connectivity index (χ0n) is 20.7. The lowest BCUT2D eigenvalue weighted by Gasteiger charge is -2.34. The fourth-order valence-electron chi connectivity index (χ4n) is 4.62. The molecule has 5 rings (SSSR count). The van der Waals surface area contributed by atoms with Crippen LogP contribution in [0.15, 0.2) is 54.6 Å². The maximum absolute atomic E-state index is 13.0. The number of carbonyl (C=O) groups excluding carboxylic acids is 1.